The summed E-state index contributed by atoms with van der Waals surface area (Å²) in [6.07, 6.45) is 2.17. The van der Waals surface area contributed by atoms with E-state index in [2.05, 4.69) is 25.9 Å². The van der Waals surface area contributed by atoms with Gasteiger partial charge in [0.25, 0.3) is 0 Å². The highest BCUT2D eigenvalue weighted by atomic mass is 79.9. The van der Waals surface area contributed by atoms with Gasteiger partial charge >= 0.3 is 0 Å². The molecular formula is C9H13BrN4O. The molecule has 1 aromatic rings. The first kappa shape index (κ1) is 10.6. The van der Waals surface area contributed by atoms with Crippen molar-refractivity contribution in [2.45, 2.75) is 18.9 Å². The summed E-state index contributed by atoms with van der Waals surface area (Å²) in [5.41, 5.74) is 5.03. The van der Waals surface area contributed by atoms with Crippen LogP contribution in [0.1, 0.15) is 13.3 Å². The van der Waals surface area contributed by atoms with Crippen LogP contribution in [0.2, 0.25) is 0 Å². The second kappa shape index (κ2) is 3.61. The lowest BCUT2D eigenvalue weighted by atomic mass is 10.1. The molecule has 0 radical (unpaired) electrons. The van der Waals surface area contributed by atoms with Crippen molar-refractivity contribution in [2.24, 2.45) is 0 Å². The number of rotatable bonds is 1. The van der Waals surface area contributed by atoms with E-state index in [1.807, 2.05) is 11.8 Å². The van der Waals surface area contributed by atoms with E-state index >= 15 is 0 Å². The Morgan fingerprint density at radius 2 is 2.33 bits per heavy atom. The molecule has 1 unspecified atom stereocenters. The fourth-order valence-corrected chi connectivity index (χ4v) is 2.18. The van der Waals surface area contributed by atoms with E-state index in [0.29, 0.717) is 16.8 Å². The molecule has 0 aliphatic carbocycles. The first-order valence-corrected chi connectivity index (χ1v) is 5.52. The zero-order valence-corrected chi connectivity index (χ0v) is 10.0. The van der Waals surface area contributed by atoms with E-state index in [1.165, 1.54) is 6.33 Å². The molecule has 1 fully saturated rings. The molecule has 1 aromatic heterocycles. The first-order valence-electron chi connectivity index (χ1n) is 4.73. The summed E-state index contributed by atoms with van der Waals surface area (Å²) < 4.78 is 0.697. The van der Waals surface area contributed by atoms with Gasteiger partial charge in [0.2, 0.25) is 0 Å². The van der Waals surface area contributed by atoms with Crippen LogP contribution in [0.5, 0.6) is 0 Å². The summed E-state index contributed by atoms with van der Waals surface area (Å²) in [4.78, 5) is 10.0. The Bertz CT molecular complexity index is 382. The lowest BCUT2D eigenvalue weighted by molar-refractivity contribution is 0.0839. The Balaban J connectivity index is 2.28. The number of β-amino-alcohol motifs (C(OH)–C–C–N with tert-alkyl or cyclic N) is 1. The zero-order valence-electron chi connectivity index (χ0n) is 8.44. The van der Waals surface area contributed by atoms with Crippen LogP contribution in [-0.4, -0.2) is 33.8 Å². The molecule has 82 valence electrons. The lowest BCUT2D eigenvalue weighted by Crippen LogP contribution is -2.30. The maximum absolute atomic E-state index is 9.85. The molecule has 15 heavy (non-hydrogen) atoms. The second-order valence-corrected chi connectivity index (χ2v) is 4.86. The minimum atomic E-state index is -0.640. The van der Waals surface area contributed by atoms with E-state index in [1.54, 1.807) is 0 Å². The van der Waals surface area contributed by atoms with Crippen LogP contribution in [0.15, 0.2) is 10.8 Å². The Hall–Kier alpha value is -0.880. The Labute approximate surface area is 96.5 Å². The van der Waals surface area contributed by atoms with Crippen molar-refractivity contribution in [1.29, 1.82) is 0 Å². The number of aliphatic hydroxyl groups is 1. The van der Waals surface area contributed by atoms with Gasteiger partial charge in [0.1, 0.15) is 22.4 Å². The van der Waals surface area contributed by atoms with Crippen LogP contribution in [-0.2, 0) is 0 Å². The minimum Gasteiger partial charge on any atom is -0.388 e. The molecule has 1 saturated heterocycles. The van der Waals surface area contributed by atoms with Gasteiger partial charge in [0.15, 0.2) is 0 Å². The van der Waals surface area contributed by atoms with Crippen molar-refractivity contribution < 1.29 is 5.11 Å². The summed E-state index contributed by atoms with van der Waals surface area (Å²) in [6, 6.07) is 0. The maximum Gasteiger partial charge on any atom is 0.148 e. The summed E-state index contributed by atoms with van der Waals surface area (Å²) in [5.74, 6) is 1.17. The maximum atomic E-state index is 9.85. The van der Waals surface area contributed by atoms with Crippen LogP contribution in [0.25, 0.3) is 0 Å². The summed E-state index contributed by atoms with van der Waals surface area (Å²) in [5, 5.41) is 9.85. The molecule has 0 spiro atoms. The lowest BCUT2D eigenvalue weighted by Gasteiger charge is -2.20. The molecule has 2 heterocycles. The van der Waals surface area contributed by atoms with Crippen molar-refractivity contribution in [3.05, 3.63) is 10.8 Å². The van der Waals surface area contributed by atoms with Gasteiger partial charge in [-0.15, -0.1) is 0 Å². The third-order valence-electron chi connectivity index (χ3n) is 2.55. The number of hydrogen-bond donors (Lipinski definition) is 2. The number of nitrogens with zero attached hydrogens (tertiary/aromatic N) is 3. The number of anilines is 2. The summed E-state index contributed by atoms with van der Waals surface area (Å²) in [7, 11) is 0. The molecule has 3 N–H and O–H groups in total. The summed E-state index contributed by atoms with van der Waals surface area (Å²) >= 11 is 3.35. The van der Waals surface area contributed by atoms with Gasteiger partial charge in [-0.05, 0) is 29.3 Å². The van der Waals surface area contributed by atoms with Crippen LogP contribution < -0.4 is 10.6 Å². The predicted octanol–water partition coefficient (Wildman–Crippen LogP) is 0.782. The monoisotopic (exact) mass is 272 g/mol. The van der Waals surface area contributed by atoms with Gasteiger partial charge in [-0.1, -0.05) is 0 Å². The predicted molar refractivity (Wildman–Crippen MR) is 61.6 cm³/mol. The first-order chi connectivity index (χ1) is 6.99. The van der Waals surface area contributed by atoms with Crippen LogP contribution in [0.4, 0.5) is 11.6 Å². The van der Waals surface area contributed by atoms with Crippen LogP contribution >= 0.6 is 15.9 Å². The third kappa shape index (κ3) is 2.05. The fourth-order valence-electron chi connectivity index (χ4n) is 1.72. The van der Waals surface area contributed by atoms with Crippen molar-refractivity contribution in [2.75, 3.05) is 23.7 Å². The quantitative estimate of drug-likeness (QED) is 0.791. The molecule has 0 bridgehead atoms. The molecule has 1 atom stereocenters. The van der Waals surface area contributed by atoms with Gasteiger partial charge in [-0.25, -0.2) is 9.97 Å². The number of hydrogen-bond acceptors (Lipinski definition) is 5. The van der Waals surface area contributed by atoms with E-state index in [4.69, 9.17) is 5.73 Å². The van der Waals surface area contributed by atoms with Gasteiger partial charge in [0.05, 0.1) is 5.60 Å². The number of nitrogen functional groups attached to an aromatic ring is 1. The molecule has 1 aliphatic heterocycles. The normalized spacial score (nSPS) is 25.9. The smallest absolute Gasteiger partial charge is 0.148 e. The van der Waals surface area contributed by atoms with E-state index in [0.717, 1.165) is 18.8 Å². The minimum absolute atomic E-state index is 0.423. The number of nitrogens with two attached hydrogens (primary N) is 1. The second-order valence-electron chi connectivity index (χ2n) is 4.06. The highest BCUT2D eigenvalue weighted by molar-refractivity contribution is 9.10. The van der Waals surface area contributed by atoms with E-state index < -0.39 is 5.60 Å². The molecule has 6 heteroatoms. The fraction of sp³-hybridized carbons (Fsp3) is 0.556. The van der Waals surface area contributed by atoms with Gasteiger partial charge in [0, 0.05) is 13.1 Å². The highest BCUT2D eigenvalue weighted by Crippen LogP contribution is 2.32. The number of aromatic nitrogens is 2. The average molecular weight is 273 g/mol. The standard InChI is InChI=1S/C9H13BrN4O/c1-9(15)2-3-14(4-9)8-6(10)7(11)12-5-13-8/h5,15H,2-4H2,1H3,(H2,11,12,13). The molecular weight excluding hydrogens is 260 g/mol. The highest BCUT2D eigenvalue weighted by Gasteiger charge is 2.33. The zero-order chi connectivity index (χ0) is 11.1. The Morgan fingerprint density at radius 3 is 2.93 bits per heavy atom. The van der Waals surface area contributed by atoms with Crippen molar-refractivity contribution in [3.8, 4) is 0 Å². The van der Waals surface area contributed by atoms with E-state index in [-0.39, 0.29) is 0 Å². The molecule has 0 aromatic carbocycles. The Morgan fingerprint density at radius 1 is 1.60 bits per heavy atom. The molecule has 1 aliphatic rings. The van der Waals surface area contributed by atoms with Gasteiger partial charge in [-0.2, -0.15) is 0 Å². The topological polar surface area (TPSA) is 75.3 Å². The van der Waals surface area contributed by atoms with E-state index in [9.17, 15) is 5.11 Å². The van der Waals surface area contributed by atoms with Gasteiger partial charge < -0.3 is 15.7 Å². The molecule has 0 amide bonds. The molecule has 5 nitrogen and oxygen atoms in total. The molecule has 0 saturated carbocycles. The average Bonchev–Trinajstić information content (AvgIpc) is 2.51. The van der Waals surface area contributed by atoms with Crippen molar-refractivity contribution >= 4 is 27.6 Å². The van der Waals surface area contributed by atoms with Crippen molar-refractivity contribution in [1.82, 2.24) is 9.97 Å². The number of halogens is 1. The summed E-state index contributed by atoms with van der Waals surface area (Å²) in [6.45, 7) is 3.18. The van der Waals surface area contributed by atoms with Crippen molar-refractivity contribution in [3.63, 3.8) is 0 Å². The van der Waals surface area contributed by atoms with Crippen LogP contribution in [0.3, 0.4) is 0 Å². The van der Waals surface area contributed by atoms with Crippen LogP contribution in [0, 0.1) is 0 Å². The van der Waals surface area contributed by atoms with Gasteiger partial charge in [-0.3, -0.25) is 0 Å². The third-order valence-corrected chi connectivity index (χ3v) is 3.31. The SMILES string of the molecule is CC1(O)CCN(c2ncnc(N)c2Br)C1. The largest absolute Gasteiger partial charge is 0.388 e. The molecule has 2 rings (SSSR count). The Kier molecular flexibility index (Phi) is 2.56.